The van der Waals surface area contributed by atoms with E-state index in [2.05, 4.69) is 31.0 Å². The van der Waals surface area contributed by atoms with Crippen molar-refractivity contribution in [1.82, 2.24) is 14.8 Å². The van der Waals surface area contributed by atoms with Gasteiger partial charge in [-0.2, -0.15) is 0 Å². The molecule has 0 aromatic carbocycles. The minimum atomic E-state index is -0.0755. The quantitative estimate of drug-likeness (QED) is 0.914. The average Bonchev–Trinajstić information content (AvgIpc) is 2.74. The molecule has 0 aliphatic heterocycles. The van der Waals surface area contributed by atoms with Crippen LogP contribution in [0.1, 0.15) is 33.4 Å². The Labute approximate surface area is 116 Å². The molecule has 0 aliphatic rings. The Morgan fingerprint density at radius 1 is 1.32 bits per heavy atom. The molecule has 0 saturated heterocycles. The zero-order valence-corrected chi connectivity index (χ0v) is 12.4. The van der Waals surface area contributed by atoms with Gasteiger partial charge in [0, 0.05) is 17.7 Å². The van der Waals surface area contributed by atoms with Crippen LogP contribution in [-0.2, 0) is 12.0 Å². The van der Waals surface area contributed by atoms with Crippen molar-refractivity contribution in [1.29, 1.82) is 0 Å². The van der Waals surface area contributed by atoms with Gasteiger partial charge in [0.2, 0.25) is 5.13 Å². The molecule has 0 spiro atoms. The summed E-state index contributed by atoms with van der Waals surface area (Å²) in [5.41, 5.74) is 7.03. The number of rotatable bonds is 2. The molecule has 0 amide bonds. The highest BCUT2D eigenvalue weighted by molar-refractivity contribution is 7.18. The van der Waals surface area contributed by atoms with Crippen molar-refractivity contribution in [2.24, 2.45) is 0 Å². The number of hydrogen-bond acceptors (Lipinski definition) is 5. The minimum absolute atomic E-state index is 0.0360. The molecule has 0 radical (unpaired) electrons. The molecule has 2 N–H and O–H groups in total. The maximum Gasteiger partial charge on any atom is 0.261 e. The first kappa shape index (κ1) is 13.7. The van der Waals surface area contributed by atoms with Gasteiger partial charge in [-0.15, -0.1) is 10.2 Å². The van der Waals surface area contributed by atoms with Crippen molar-refractivity contribution < 1.29 is 0 Å². The summed E-state index contributed by atoms with van der Waals surface area (Å²) >= 11 is 1.23. The number of hydrogen-bond donors (Lipinski definition) is 1. The monoisotopic (exact) mass is 278 g/mol. The fourth-order valence-corrected chi connectivity index (χ4v) is 2.68. The molecule has 2 heterocycles. The van der Waals surface area contributed by atoms with E-state index in [1.165, 1.54) is 11.3 Å². The molecule has 2 rings (SSSR count). The van der Waals surface area contributed by atoms with Gasteiger partial charge in [-0.05, 0) is 19.1 Å². The SMILES string of the molecule is CCn1c(C(C)(C)C)ccc(-c2nnc(N)s2)c1=O. The fourth-order valence-electron chi connectivity index (χ4n) is 2.05. The van der Waals surface area contributed by atoms with Crippen molar-refractivity contribution in [3.8, 4) is 10.6 Å². The zero-order chi connectivity index (χ0) is 14.2. The summed E-state index contributed by atoms with van der Waals surface area (Å²) in [4.78, 5) is 12.5. The van der Waals surface area contributed by atoms with Crippen LogP contribution in [0.3, 0.4) is 0 Å². The molecule has 6 heteroatoms. The molecule has 0 atom stereocenters. The summed E-state index contributed by atoms with van der Waals surface area (Å²) < 4.78 is 1.78. The summed E-state index contributed by atoms with van der Waals surface area (Å²) in [7, 11) is 0. The van der Waals surface area contributed by atoms with E-state index < -0.39 is 0 Å². The van der Waals surface area contributed by atoms with Crippen molar-refractivity contribution in [3.05, 3.63) is 28.2 Å². The number of nitrogens with two attached hydrogens (primary N) is 1. The van der Waals surface area contributed by atoms with Crippen LogP contribution in [0.15, 0.2) is 16.9 Å². The third-order valence-corrected chi connectivity index (χ3v) is 3.72. The van der Waals surface area contributed by atoms with Crippen molar-refractivity contribution in [2.45, 2.75) is 39.7 Å². The van der Waals surface area contributed by atoms with Crippen LogP contribution in [0.2, 0.25) is 0 Å². The molecular formula is C13H18N4OS. The standard InChI is InChI=1S/C13H18N4OS/c1-5-17-9(13(2,3)4)7-6-8(11(17)18)10-15-16-12(14)19-10/h6-7H,5H2,1-4H3,(H2,14,16). The Morgan fingerprint density at radius 2 is 2.00 bits per heavy atom. The molecule has 0 aliphatic carbocycles. The third-order valence-electron chi connectivity index (χ3n) is 2.93. The first-order valence-corrected chi connectivity index (χ1v) is 7.00. The van der Waals surface area contributed by atoms with Gasteiger partial charge in [0.1, 0.15) is 0 Å². The highest BCUT2D eigenvalue weighted by Gasteiger charge is 2.20. The molecule has 5 nitrogen and oxygen atoms in total. The lowest BCUT2D eigenvalue weighted by atomic mass is 9.91. The van der Waals surface area contributed by atoms with Gasteiger partial charge in [0.25, 0.3) is 5.56 Å². The smallest absolute Gasteiger partial charge is 0.261 e. The second kappa shape index (κ2) is 4.77. The molecule has 2 aromatic heterocycles. The molecule has 102 valence electrons. The van der Waals surface area contributed by atoms with Crippen LogP contribution in [0.4, 0.5) is 5.13 Å². The molecular weight excluding hydrogens is 260 g/mol. The van der Waals surface area contributed by atoms with Crippen molar-refractivity contribution in [2.75, 3.05) is 5.73 Å². The Bertz CT molecular complexity index is 651. The number of aromatic nitrogens is 3. The Morgan fingerprint density at radius 3 is 2.47 bits per heavy atom. The van der Waals surface area contributed by atoms with E-state index in [0.29, 0.717) is 22.2 Å². The largest absolute Gasteiger partial charge is 0.374 e. The summed E-state index contributed by atoms with van der Waals surface area (Å²) in [6.07, 6.45) is 0. The van der Waals surface area contributed by atoms with Crippen LogP contribution < -0.4 is 11.3 Å². The van der Waals surface area contributed by atoms with E-state index in [4.69, 9.17) is 5.73 Å². The minimum Gasteiger partial charge on any atom is -0.374 e. The van der Waals surface area contributed by atoms with Gasteiger partial charge in [-0.3, -0.25) is 4.79 Å². The second-order valence-electron chi connectivity index (χ2n) is 5.38. The summed E-state index contributed by atoms with van der Waals surface area (Å²) in [6, 6.07) is 3.80. The van der Waals surface area contributed by atoms with E-state index >= 15 is 0 Å². The first-order valence-electron chi connectivity index (χ1n) is 6.18. The molecule has 0 bridgehead atoms. The lowest BCUT2D eigenvalue weighted by molar-refractivity contribution is 0.511. The van der Waals surface area contributed by atoms with E-state index in [-0.39, 0.29) is 11.0 Å². The fraction of sp³-hybridized carbons (Fsp3) is 0.462. The first-order chi connectivity index (χ1) is 8.84. The number of nitrogens with zero attached hydrogens (tertiary/aromatic N) is 3. The van der Waals surface area contributed by atoms with Crippen LogP contribution in [0.5, 0.6) is 0 Å². The topological polar surface area (TPSA) is 73.8 Å². The van der Waals surface area contributed by atoms with Gasteiger partial charge >= 0.3 is 0 Å². The van der Waals surface area contributed by atoms with Gasteiger partial charge in [-0.1, -0.05) is 32.1 Å². The van der Waals surface area contributed by atoms with Gasteiger partial charge < -0.3 is 10.3 Å². The van der Waals surface area contributed by atoms with Crippen LogP contribution in [-0.4, -0.2) is 14.8 Å². The Balaban J connectivity index is 2.65. The summed E-state index contributed by atoms with van der Waals surface area (Å²) in [5, 5.41) is 8.65. The predicted octanol–water partition coefficient (Wildman–Crippen LogP) is 2.27. The summed E-state index contributed by atoms with van der Waals surface area (Å²) in [5.74, 6) is 0. The van der Waals surface area contributed by atoms with E-state index in [1.807, 2.05) is 19.1 Å². The zero-order valence-electron chi connectivity index (χ0n) is 11.6. The predicted molar refractivity (Wildman–Crippen MR) is 78.4 cm³/mol. The van der Waals surface area contributed by atoms with E-state index in [9.17, 15) is 4.79 Å². The lowest BCUT2D eigenvalue weighted by Gasteiger charge is -2.23. The maximum absolute atomic E-state index is 12.5. The lowest BCUT2D eigenvalue weighted by Crippen LogP contribution is -2.29. The summed E-state index contributed by atoms with van der Waals surface area (Å²) in [6.45, 7) is 8.88. The van der Waals surface area contributed by atoms with Gasteiger partial charge in [-0.25, -0.2) is 0 Å². The Kier molecular flexibility index (Phi) is 3.45. The van der Waals surface area contributed by atoms with Crippen molar-refractivity contribution in [3.63, 3.8) is 0 Å². The highest BCUT2D eigenvalue weighted by Crippen LogP contribution is 2.25. The number of nitrogen functional groups attached to an aromatic ring is 1. The molecule has 0 unspecified atom stereocenters. The number of pyridine rings is 1. The Hall–Kier alpha value is -1.69. The third kappa shape index (κ3) is 2.53. The average molecular weight is 278 g/mol. The normalized spacial score (nSPS) is 11.8. The van der Waals surface area contributed by atoms with Gasteiger partial charge in [0.05, 0.1) is 5.56 Å². The molecule has 2 aromatic rings. The van der Waals surface area contributed by atoms with E-state index in [1.54, 1.807) is 4.57 Å². The van der Waals surface area contributed by atoms with Crippen LogP contribution >= 0.6 is 11.3 Å². The van der Waals surface area contributed by atoms with Crippen LogP contribution in [0, 0.1) is 0 Å². The second-order valence-corrected chi connectivity index (χ2v) is 6.39. The highest BCUT2D eigenvalue weighted by atomic mass is 32.1. The maximum atomic E-state index is 12.5. The van der Waals surface area contributed by atoms with Gasteiger partial charge in [0.15, 0.2) is 5.01 Å². The number of anilines is 1. The molecule has 19 heavy (non-hydrogen) atoms. The van der Waals surface area contributed by atoms with E-state index in [0.717, 1.165) is 5.69 Å². The molecule has 0 fully saturated rings. The van der Waals surface area contributed by atoms with Crippen molar-refractivity contribution >= 4 is 16.5 Å². The molecule has 0 saturated carbocycles. The van der Waals surface area contributed by atoms with Crippen LogP contribution in [0.25, 0.3) is 10.6 Å².